The maximum absolute atomic E-state index is 12.7. The molecule has 3 aromatic rings. The number of carbonyl (C=O) groups excluding carboxylic acids is 1. The van der Waals surface area contributed by atoms with E-state index in [1.54, 1.807) is 0 Å². The van der Waals surface area contributed by atoms with E-state index in [9.17, 15) is 4.79 Å². The van der Waals surface area contributed by atoms with Crippen LogP contribution in [0.15, 0.2) is 42.6 Å². The van der Waals surface area contributed by atoms with Gasteiger partial charge in [0.25, 0.3) is 0 Å². The number of likely N-dealkylation sites (N-methyl/N-ethyl adjacent to an activating group) is 1. The van der Waals surface area contributed by atoms with Gasteiger partial charge in [0.2, 0.25) is 5.91 Å². The largest absolute Gasteiger partial charge is 0.354 e. The molecule has 0 aliphatic carbocycles. The van der Waals surface area contributed by atoms with Crippen molar-refractivity contribution in [2.45, 2.75) is 26.8 Å². The van der Waals surface area contributed by atoms with Gasteiger partial charge in [0.05, 0.1) is 17.8 Å². The summed E-state index contributed by atoms with van der Waals surface area (Å²) in [5, 5.41) is 8.36. The van der Waals surface area contributed by atoms with Crippen molar-refractivity contribution in [2.24, 2.45) is 0 Å². The summed E-state index contributed by atoms with van der Waals surface area (Å²) in [6.07, 6.45) is 2.11. The fourth-order valence-corrected chi connectivity index (χ4v) is 4.09. The van der Waals surface area contributed by atoms with Crippen molar-refractivity contribution in [2.75, 3.05) is 38.1 Å². The lowest BCUT2D eigenvalue weighted by Crippen LogP contribution is -2.44. The van der Waals surface area contributed by atoms with Crippen molar-refractivity contribution in [3.63, 3.8) is 0 Å². The Hall–Kier alpha value is -2.90. The smallest absolute Gasteiger partial charge is 0.224 e. The molecular formula is C24H29ClN6O. The predicted octanol–water partition coefficient (Wildman–Crippen LogP) is 3.15. The van der Waals surface area contributed by atoms with Gasteiger partial charge in [0.15, 0.2) is 0 Å². The molecule has 0 saturated carbocycles. The Morgan fingerprint density at radius 1 is 1.09 bits per heavy atom. The summed E-state index contributed by atoms with van der Waals surface area (Å²) in [4.78, 5) is 21.8. The number of nitrogens with zero attached hydrogens (tertiary/aromatic N) is 5. The molecule has 1 N–H and O–H groups in total. The number of aryl methyl sites for hydroxylation is 1. The van der Waals surface area contributed by atoms with Crippen LogP contribution in [0.4, 0.5) is 5.82 Å². The minimum atomic E-state index is -0.0233. The Kier molecular flexibility index (Phi) is 6.77. The number of benzene rings is 1. The lowest BCUT2D eigenvalue weighted by atomic mass is 10.1. The molecule has 32 heavy (non-hydrogen) atoms. The van der Waals surface area contributed by atoms with Crippen molar-refractivity contribution in [1.82, 2.24) is 25.0 Å². The summed E-state index contributed by atoms with van der Waals surface area (Å²) in [7, 11) is 2.14. The highest BCUT2D eigenvalue weighted by atomic mass is 35.5. The first-order valence-corrected chi connectivity index (χ1v) is 11.2. The Morgan fingerprint density at radius 3 is 2.53 bits per heavy atom. The van der Waals surface area contributed by atoms with Gasteiger partial charge >= 0.3 is 0 Å². The van der Waals surface area contributed by atoms with Gasteiger partial charge in [0.1, 0.15) is 5.82 Å². The van der Waals surface area contributed by atoms with Gasteiger partial charge in [0, 0.05) is 55.2 Å². The van der Waals surface area contributed by atoms with Crippen LogP contribution in [0.1, 0.15) is 22.5 Å². The average molecular weight is 453 g/mol. The second-order valence-corrected chi connectivity index (χ2v) is 8.74. The van der Waals surface area contributed by atoms with Crippen LogP contribution in [0.2, 0.25) is 5.02 Å². The number of pyridine rings is 1. The monoisotopic (exact) mass is 452 g/mol. The molecule has 3 heterocycles. The minimum Gasteiger partial charge on any atom is -0.354 e. The van der Waals surface area contributed by atoms with Gasteiger partial charge in [-0.15, -0.1) is 0 Å². The fourth-order valence-electron chi connectivity index (χ4n) is 3.97. The van der Waals surface area contributed by atoms with E-state index in [1.165, 1.54) is 0 Å². The summed E-state index contributed by atoms with van der Waals surface area (Å²) in [6, 6.07) is 11.5. The molecule has 2 aromatic heterocycles. The molecule has 0 atom stereocenters. The topological polar surface area (TPSA) is 66.3 Å². The zero-order valence-electron chi connectivity index (χ0n) is 18.8. The van der Waals surface area contributed by atoms with Crippen LogP contribution < -0.4 is 10.2 Å². The van der Waals surface area contributed by atoms with E-state index in [0.717, 1.165) is 60.2 Å². The predicted molar refractivity (Wildman–Crippen MR) is 128 cm³/mol. The molecule has 0 bridgehead atoms. The van der Waals surface area contributed by atoms with Crippen molar-refractivity contribution in [1.29, 1.82) is 0 Å². The van der Waals surface area contributed by atoms with Gasteiger partial charge in [-0.25, -0.2) is 9.67 Å². The number of amides is 1. The summed E-state index contributed by atoms with van der Waals surface area (Å²) in [5.74, 6) is 0.950. The quantitative estimate of drug-likeness (QED) is 0.622. The fraction of sp³-hybridized carbons (Fsp3) is 0.375. The molecule has 168 valence electrons. The van der Waals surface area contributed by atoms with Gasteiger partial charge < -0.3 is 15.1 Å². The van der Waals surface area contributed by atoms with Gasteiger partial charge in [-0.05, 0) is 62.9 Å². The molecule has 0 unspecified atom stereocenters. The zero-order chi connectivity index (χ0) is 22.7. The highest BCUT2D eigenvalue weighted by molar-refractivity contribution is 6.30. The number of piperazine rings is 1. The van der Waals surface area contributed by atoms with Crippen LogP contribution in [-0.4, -0.2) is 58.8 Å². The Morgan fingerprint density at radius 2 is 1.81 bits per heavy atom. The molecule has 7 nitrogen and oxygen atoms in total. The van der Waals surface area contributed by atoms with Crippen molar-refractivity contribution >= 4 is 23.3 Å². The lowest BCUT2D eigenvalue weighted by Gasteiger charge is -2.33. The lowest BCUT2D eigenvalue weighted by molar-refractivity contribution is -0.120. The standard InChI is InChI=1S/C24H29ClN6O/c1-17-22(18(2)31(28-17)21-6-4-20(25)5-7-21)15-24(32)27-16-19-8-9-26-23(14-19)30-12-10-29(3)11-13-30/h4-9,14H,10-13,15-16H2,1-3H3,(H,27,32). The second kappa shape index (κ2) is 9.71. The molecule has 1 fully saturated rings. The minimum absolute atomic E-state index is 0.0233. The SMILES string of the molecule is Cc1nn(-c2ccc(Cl)cc2)c(C)c1CC(=O)NCc1ccnc(N2CCN(C)CC2)c1. The molecule has 1 saturated heterocycles. The van der Waals surface area contributed by atoms with E-state index < -0.39 is 0 Å². The highest BCUT2D eigenvalue weighted by Gasteiger charge is 2.17. The molecule has 8 heteroatoms. The Bertz CT molecular complexity index is 1090. The molecule has 1 aromatic carbocycles. The van der Waals surface area contributed by atoms with Gasteiger partial charge in [-0.2, -0.15) is 5.10 Å². The third kappa shape index (κ3) is 5.11. The zero-order valence-corrected chi connectivity index (χ0v) is 19.6. The van der Waals surface area contributed by atoms with Gasteiger partial charge in [-0.1, -0.05) is 11.6 Å². The van der Waals surface area contributed by atoms with Crippen LogP contribution in [0, 0.1) is 13.8 Å². The Balaban J connectivity index is 1.38. The van der Waals surface area contributed by atoms with E-state index in [2.05, 4.69) is 38.3 Å². The second-order valence-electron chi connectivity index (χ2n) is 8.30. The number of hydrogen-bond donors (Lipinski definition) is 1. The summed E-state index contributed by atoms with van der Waals surface area (Å²) >= 11 is 6.00. The number of halogens is 1. The first kappa shape index (κ1) is 22.3. The first-order chi connectivity index (χ1) is 15.4. The third-order valence-corrected chi connectivity index (χ3v) is 6.23. The van der Waals surface area contributed by atoms with Crippen LogP contribution in [0.3, 0.4) is 0 Å². The van der Waals surface area contributed by atoms with Crippen LogP contribution in [-0.2, 0) is 17.8 Å². The molecular weight excluding hydrogens is 424 g/mol. The molecule has 0 radical (unpaired) electrons. The van der Waals surface area contributed by atoms with E-state index in [4.69, 9.17) is 11.6 Å². The molecule has 1 amide bonds. The number of anilines is 1. The van der Waals surface area contributed by atoms with E-state index in [1.807, 2.05) is 55.1 Å². The number of aromatic nitrogens is 3. The third-order valence-electron chi connectivity index (χ3n) is 5.98. The number of rotatable bonds is 6. The number of carbonyl (C=O) groups is 1. The summed E-state index contributed by atoms with van der Waals surface area (Å²) in [5.41, 5.74) is 4.74. The summed E-state index contributed by atoms with van der Waals surface area (Å²) < 4.78 is 1.86. The first-order valence-electron chi connectivity index (χ1n) is 10.9. The normalized spacial score (nSPS) is 14.6. The van der Waals surface area contributed by atoms with Crippen molar-refractivity contribution in [3.05, 3.63) is 70.1 Å². The molecule has 4 rings (SSSR count). The van der Waals surface area contributed by atoms with E-state index in [-0.39, 0.29) is 5.91 Å². The molecule has 1 aliphatic heterocycles. The number of nitrogens with one attached hydrogen (secondary N) is 1. The van der Waals surface area contributed by atoms with Crippen LogP contribution >= 0.6 is 11.6 Å². The molecule has 1 aliphatic rings. The summed E-state index contributed by atoms with van der Waals surface area (Å²) in [6.45, 7) is 8.40. The van der Waals surface area contributed by atoms with E-state index in [0.29, 0.717) is 18.0 Å². The average Bonchev–Trinajstić information content (AvgIpc) is 3.07. The van der Waals surface area contributed by atoms with Gasteiger partial charge in [-0.3, -0.25) is 4.79 Å². The number of hydrogen-bond acceptors (Lipinski definition) is 5. The van der Waals surface area contributed by atoms with Crippen LogP contribution in [0.25, 0.3) is 5.69 Å². The maximum atomic E-state index is 12.7. The van der Waals surface area contributed by atoms with Crippen molar-refractivity contribution < 1.29 is 4.79 Å². The highest BCUT2D eigenvalue weighted by Crippen LogP contribution is 2.20. The van der Waals surface area contributed by atoms with Crippen LogP contribution in [0.5, 0.6) is 0 Å². The van der Waals surface area contributed by atoms with E-state index >= 15 is 0 Å². The maximum Gasteiger partial charge on any atom is 0.224 e. The Labute approximate surface area is 194 Å². The van der Waals surface area contributed by atoms with Crippen molar-refractivity contribution in [3.8, 4) is 5.69 Å². The molecule has 0 spiro atoms.